The summed E-state index contributed by atoms with van der Waals surface area (Å²) in [6.45, 7) is 1.94. The number of anilines is 1. The zero-order valence-electron chi connectivity index (χ0n) is 14.1. The number of hydrogen-bond acceptors (Lipinski definition) is 4. The summed E-state index contributed by atoms with van der Waals surface area (Å²) in [5.74, 6) is -2.50. The van der Waals surface area contributed by atoms with Gasteiger partial charge >= 0.3 is 5.69 Å². The first kappa shape index (κ1) is 15.3. The molecule has 2 aromatic heterocycles. The highest BCUT2D eigenvalue weighted by molar-refractivity contribution is 5.74. The molecule has 5 heterocycles. The number of nitrogens with one attached hydrogen (secondary N) is 1. The van der Waals surface area contributed by atoms with Crippen LogP contribution in [0, 0.1) is 5.92 Å². The Hall–Kier alpha value is -1.96. The number of fused-ring (bicyclic) bond motifs is 4. The van der Waals surface area contributed by atoms with Crippen molar-refractivity contribution in [3.05, 3.63) is 22.6 Å². The topological polar surface area (TPSA) is 55.1 Å². The first-order valence-electron chi connectivity index (χ1n) is 8.88. The van der Waals surface area contributed by atoms with Crippen LogP contribution in [-0.4, -0.2) is 45.2 Å². The lowest BCUT2D eigenvalue weighted by atomic mass is 9.93. The number of aryl methyl sites for hydroxylation is 1. The lowest BCUT2D eigenvalue weighted by Gasteiger charge is -2.46. The molecule has 0 radical (unpaired) electrons. The van der Waals surface area contributed by atoms with E-state index < -0.39 is 11.8 Å². The molecule has 25 heavy (non-hydrogen) atoms. The third kappa shape index (κ3) is 2.30. The molecule has 134 valence electrons. The second-order valence-corrected chi connectivity index (χ2v) is 7.62. The molecule has 2 bridgehead atoms. The molecule has 2 aromatic rings. The van der Waals surface area contributed by atoms with Crippen LogP contribution in [-0.2, 0) is 13.6 Å². The van der Waals surface area contributed by atoms with Gasteiger partial charge in [0.2, 0.25) is 0 Å². The van der Waals surface area contributed by atoms with Crippen molar-refractivity contribution in [1.29, 1.82) is 0 Å². The van der Waals surface area contributed by atoms with Crippen molar-refractivity contribution >= 4 is 17.0 Å². The molecule has 6 nitrogen and oxygen atoms in total. The number of piperazine rings is 1. The van der Waals surface area contributed by atoms with Gasteiger partial charge in [0, 0.05) is 51.1 Å². The second-order valence-electron chi connectivity index (χ2n) is 7.62. The number of nitrogens with zero attached hydrogens (tertiary/aromatic N) is 4. The summed E-state index contributed by atoms with van der Waals surface area (Å²) < 4.78 is 29.4. The van der Waals surface area contributed by atoms with Crippen LogP contribution in [0.2, 0.25) is 0 Å². The molecular formula is C17H21F2N5O. The predicted molar refractivity (Wildman–Crippen MR) is 90.2 cm³/mol. The van der Waals surface area contributed by atoms with Gasteiger partial charge in [0.25, 0.3) is 5.92 Å². The largest absolute Gasteiger partial charge is 0.351 e. The van der Waals surface area contributed by atoms with Gasteiger partial charge in [0.05, 0.1) is 5.52 Å². The van der Waals surface area contributed by atoms with Gasteiger partial charge in [0.15, 0.2) is 5.65 Å². The minimum Gasteiger partial charge on any atom is -0.351 e. The molecule has 0 amide bonds. The van der Waals surface area contributed by atoms with Crippen LogP contribution in [0.5, 0.6) is 0 Å². The molecule has 1 N–H and O–H groups in total. The summed E-state index contributed by atoms with van der Waals surface area (Å²) in [5, 5.41) is 3.52. The summed E-state index contributed by atoms with van der Waals surface area (Å²) >= 11 is 0. The number of imidazole rings is 1. The molecular weight excluding hydrogens is 328 g/mol. The van der Waals surface area contributed by atoms with E-state index in [4.69, 9.17) is 4.98 Å². The monoisotopic (exact) mass is 349 g/mol. The summed E-state index contributed by atoms with van der Waals surface area (Å²) in [4.78, 5) is 19.5. The van der Waals surface area contributed by atoms with Crippen LogP contribution in [0.3, 0.4) is 0 Å². The lowest BCUT2D eigenvalue weighted by Crippen LogP contribution is -2.61. The highest BCUT2D eigenvalue weighted by Gasteiger charge is 2.57. The Morgan fingerprint density at radius 3 is 2.76 bits per heavy atom. The van der Waals surface area contributed by atoms with E-state index in [1.54, 1.807) is 7.05 Å². The van der Waals surface area contributed by atoms with Gasteiger partial charge in [-0.2, -0.15) is 0 Å². The van der Waals surface area contributed by atoms with Crippen LogP contribution in [0.1, 0.15) is 19.3 Å². The number of alkyl halides is 2. The fourth-order valence-corrected chi connectivity index (χ4v) is 4.28. The van der Waals surface area contributed by atoms with Crippen molar-refractivity contribution in [2.45, 2.75) is 43.8 Å². The van der Waals surface area contributed by atoms with E-state index >= 15 is 0 Å². The molecule has 8 heteroatoms. The van der Waals surface area contributed by atoms with E-state index in [1.807, 2.05) is 12.1 Å². The Balaban J connectivity index is 1.52. The molecule has 6 rings (SSSR count). The Morgan fingerprint density at radius 1 is 1.36 bits per heavy atom. The average Bonchev–Trinajstić information content (AvgIpc) is 3.17. The smallest absolute Gasteiger partial charge is 0.330 e. The maximum Gasteiger partial charge on any atom is 0.330 e. The van der Waals surface area contributed by atoms with Crippen LogP contribution in [0.15, 0.2) is 16.9 Å². The Bertz CT molecular complexity index is 896. The van der Waals surface area contributed by atoms with E-state index in [0.717, 1.165) is 25.3 Å². The molecule has 3 aliphatic heterocycles. The van der Waals surface area contributed by atoms with Crippen LogP contribution in [0.25, 0.3) is 11.2 Å². The van der Waals surface area contributed by atoms with Crippen molar-refractivity contribution in [2.24, 2.45) is 13.0 Å². The summed E-state index contributed by atoms with van der Waals surface area (Å²) in [7, 11) is 1.66. The van der Waals surface area contributed by atoms with E-state index in [2.05, 4.69) is 10.2 Å². The van der Waals surface area contributed by atoms with Crippen molar-refractivity contribution in [2.75, 3.05) is 18.0 Å². The summed E-state index contributed by atoms with van der Waals surface area (Å²) in [5.41, 5.74) is 0.935. The first-order chi connectivity index (χ1) is 11.9. The maximum atomic E-state index is 13.3. The van der Waals surface area contributed by atoms with E-state index in [9.17, 15) is 13.6 Å². The molecule has 3 unspecified atom stereocenters. The molecule has 0 spiro atoms. The standard InChI is InChI=1S/C17H21F2N5O/c1-22-15-13(24(16(22)25)8-10-6-17(10,18)19)4-5-14(21-15)23-9-11-2-3-12(23)7-20-11/h4-5,10-12,20H,2-3,6-9H2,1H3. The second kappa shape index (κ2) is 5.03. The number of pyridine rings is 1. The molecule has 3 saturated heterocycles. The number of aromatic nitrogens is 3. The Kier molecular flexibility index (Phi) is 3.08. The van der Waals surface area contributed by atoms with Gasteiger partial charge in [-0.3, -0.25) is 9.13 Å². The fraction of sp³-hybridized carbons (Fsp3) is 0.647. The molecule has 3 atom stereocenters. The third-order valence-electron chi connectivity index (χ3n) is 5.97. The van der Waals surface area contributed by atoms with Gasteiger partial charge in [-0.1, -0.05) is 0 Å². The van der Waals surface area contributed by atoms with Gasteiger partial charge in [0.1, 0.15) is 5.82 Å². The minimum absolute atomic E-state index is 0.0581. The molecule has 1 aliphatic carbocycles. The highest BCUT2D eigenvalue weighted by Crippen LogP contribution is 2.49. The molecule has 4 aliphatic rings. The SMILES string of the molecule is Cn1c(=O)n(CC2CC2(F)F)c2ccc(N3CC4CCC3CN4)nc21. The van der Waals surface area contributed by atoms with Crippen molar-refractivity contribution in [3.8, 4) is 0 Å². The summed E-state index contributed by atoms with van der Waals surface area (Å²) in [6, 6.07) is 4.70. The average molecular weight is 349 g/mol. The van der Waals surface area contributed by atoms with Gasteiger partial charge in [-0.25, -0.2) is 18.6 Å². The van der Waals surface area contributed by atoms with Crippen LogP contribution >= 0.6 is 0 Å². The fourth-order valence-electron chi connectivity index (χ4n) is 4.28. The number of piperidine rings is 2. The van der Waals surface area contributed by atoms with Crippen molar-refractivity contribution < 1.29 is 8.78 Å². The number of halogens is 2. The van der Waals surface area contributed by atoms with Crippen molar-refractivity contribution in [1.82, 2.24) is 19.4 Å². The van der Waals surface area contributed by atoms with Crippen LogP contribution in [0.4, 0.5) is 14.6 Å². The van der Waals surface area contributed by atoms with Crippen molar-refractivity contribution in [3.63, 3.8) is 0 Å². The lowest BCUT2D eigenvalue weighted by molar-refractivity contribution is 0.0951. The number of hydrogen-bond donors (Lipinski definition) is 1. The first-order valence-corrected chi connectivity index (χ1v) is 8.88. The zero-order valence-corrected chi connectivity index (χ0v) is 14.1. The quantitative estimate of drug-likeness (QED) is 0.908. The zero-order chi connectivity index (χ0) is 17.3. The van der Waals surface area contributed by atoms with E-state index in [-0.39, 0.29) is 18.7 Å². The minimum atomic E-state index is -2.63. The van der Waals surface area contributed by atoms with E-state index in [1.165, 1.54) is 15.6 Å². The van der Waals surface area contributed by atoms with Gasteiger partial charge in [-0.15, -0.1) is 0 Å². The normalized spacial score (nSPS) is 30.2. The maximum absolute atomic E-state index is 13.3. The van der Waals surface area contributed by atoms with Crippen LogP contribution < -0.4 is 15.9 Å². The predicted octanol–water partition coefficient (Wildman–Crippen LogP) is 1.33. The molecule has 0 aromatic carbocycles. The molecule has 4 fully saturated rings. The van der Waals surface area contributed by atoms with E-state index in [0.29, 0.717) is 23.2 Å². The Morgan fingerprint density at radius 2 is 2.16 bits per heavy atom. The summed E-state index contributed by atoms with van der Waals surface area (Å²) in [6.07, 6.45) is 2.20. The molecule has 1 saturated carbocycles. The highest BCUT2D eigenvalue weighted by atomic mass is 19.3. The number of rotatable bonds is 3. The van der Waals surface area contributed by atoms with Gasteiger partial charge < -0.3 is 10.2 Å². The van der Waals surface area contributed by atoms with Gasteiger partial charge in [-0.05, 0) is 25.0 Å². The Labute approximate surface area is 143 Å². The third-order valence-corrected chi connectivity index (χ3v) is 5.97.